The van der Waals surface area contributed by atoms with Crippen molar-refractivity contribution in [2.75, 3.05) is 39.8 Å². The number of carbonyl (C=O) groups excluding carboxylic acids is 2. The van der Waals surface area contributed by atoms with Gasteiger partial charge in [0.1, 0.15) is 12.3 Å². The maximum absolute atomic E-state index is 13.0. The summed E-state index contributed by atoms with van der Waals surface area (Å²) in [5.41, 5.74) is 2.89. The number of halogens is 1. The van der Waals surface area contributed by atoms with Crippen molar-refractivity contribution >= 4 is 24.2 Å². The number of rotatable bonds is 6. The number of nitrogens with one attached hydrogen (secondary N) is 1. The van der Waals surface area contributed by atoms with E-state index in [2.05, 4.69) is 11.4 Å². The Kier molecular flexibility index (Phi) is 7.93. The van der Waals surface area contributed by atoms with E-state index in [0.717, 1.165) is 30.8 Å². The minimum absolute atomic E-state index is 0. The van der Waals surface area contributed by atoms with Crippen LogP contribution in [0, 0.1) is 5.92 Å². The Bertz CT molecular complexity index is 914. The zero-order valence-electron chi connectivity index (χ0n) is 17.9. The first-order chi connectivity index (χ1) is 14.6. The van der Waals surface area contributed by atoms with Gasteiger partial charge in [-0.05, 0) is 67.2 Å². The van der Waals surface area contributed by atoms with E-state index in [-0.39, 0.29) is 30.8 Å². The van der Waals surface area contributed by atoms with Crippen molar-refractivity contribution in [3.05, 3.63) is 65.2 Å². The maximum Gasteiger partial charge on any atom is 0.254 e. The molecule has 2 amide bonds. The molecule has 0 aliphatic carbocycles. The molecule has 2 aromatic rings. The van der Waals surface area contributed by atoms with Crippen LogP contribution >= 0.6 is 12.4 Å². The van der Waals surface area contributed by atoms with Crippen LogP contribution in [-0.2, 0) is 17.8 Å². The molecule has 7 heteroatoms. The molecule has 6 nitrogen and oxygen atoms in total. The molecule has 2 aliphatic rings. The van der Waals surface area contributed by atoms with Gasteiger partial charge in [0.25, 0.3) is 5.91 Å². The van der Waals surface area contributed by atoms with E-state index < -0.39 is 0 Å². The van der Waals surface area contributed by atoms with Crippen LogP contribution in [-0.4, -0.2) is 61.4 Å². The summed E-state index contributed by atoms with van der Waals surface area (Å²) in [5.74, 6) is 1.33. The van der Waals surface area contributed by atoms with E-state index in [4.69, 9.17) is 4.74 Å². The van der Waals surface area contributed by atoms with Crippen LogP contribution in [0.3, 0.4) is 0 Å². The quantitative estimate of drug-likeness (QED) is 0.745. The molecule has 1 N–H and O–H groups in total. The lowest BCUT2D eigenvalue weighted by Gasteiger charge is -2.34. The molecule has 0 spiro atoms. The van der Waals surface area contributed by atoms with Gasteiger partial charge in [0.05, 0.1) is 7.11 Å². The van der Waals surface area contributed by atoms with Crippen molar-refractivity contribution in [1.29, 1.82) is 0 Å². The molecule has 166 valence electrons. The summed E-state index contributed by atoms with van der Waals surface area (Å²) < 4.78 is 5.26. The van der Waals surface area contributed by atoms with Gasteiger partial charge in [-0.2, -0.15) is 0 Å². The Balaban J connectivity index is 0.00000272. The van der Waals surface area contributed by atoms with Gasteiger partial charge in [0, 0.05) is 25.2 Å². The largest absolute Gasteiger partial charge is 0.497 e. The molecule has 1 atom stereocenters. The van der Waals surface area contributed by atoms with Crippen LogP contribution < -0.4 is 10.1 Å². The van der Waals surface area contributed by atoms with Crippen LogP contribution in [0.2, 0.25) is 0 Å². The summed E-state index contributed by atoms with van der Waals surface area (Å²) in [6, 6.07) is 15.6. The Morgan fingerprint density at radius 2 is 1.94 bits per heavy atom. The second kappa shape index (κ2) is 10.6. The Morgan fingerprint density at radius 3 is 2.68 bits per heavy atom. The van der Waals surface area contributed by atoms with E-state index in [1.807, 2.05) is 47.4 Å². The highest BCUT2D eigenvalue weighted by atomic mass is 35.5. The molecule has 2 fully saturated rings. The van der Waals surface area contributed by atoms with Gasteiger partial charge in [-0.15, -0.1) is 12.4 Å². The van der Waals surface area contributed by atoms with Crippen LogP contribution in [0.25, 0.3) is 0 Å². The van der Waals surface area contributed by atoms with Crippen molar-refractivity contribution < 1.29 is 14.3 Å². The maximum atomic E-state index is 13.0. The molecule has 2 aromatic carbocycles. The minimum Gasteiger partial charge on any atom is -0.497 e. The fraction of sp³-hybridized carbons (Fsp3) is 0.417. The van der Waals surface area contributed by atoms with E-state index in [1.54, 1.807) is 12.0 Å². The summed E-state index contributed by atoms with van der Waals surface area (Å²) >= 11 is 0. The Labute approximate surface area is 190 Å². The third-order valence-electron chi connectivity index (χ3n) is 5.97. The molecule has 0 saturated carbocycles. The molecule has 4 rings (SSSR count). The standard InChI is InChI=1S/C24H29N3O3.ClH/c1-30-22-7-3-5-20(14-22)16-26-10-11-27(17-23(26)28)24(29)21-6-2-4-18(13-21)12-19-8-9-25-15-19;/h2-7,13-14,19,25H,8-12,15-17H2,1H3;1H. The average molecular weight is 444 g/mol. The number of hydrogen-bond donors (Lipinski definition) is 1. The van der Waals surface area contributed by atoms with E-state index in [0.29, 0.717) is 31.1 Å². The Hall–Kier alpha value is -2.57. The zero-order chi connectivity index (χ0) is 20.9. The minimum atomic E-state index is -0.0595. The van der Waals surface area contributed by atoms with Crippen molar-refractivity contribution in [1.82, 2.24) is 15.1 Å². The molecular weight excluding hydrogens is 414 g/mol. The Morgan fingerprint density at radius 1 is 1.13 bits per heavy atom. The summed E-state index contributed by atoms with van der Waals surface area (Å²) in [4.78, 5) is 29.2. The highest BCUT2D eigenvalue weighted by Gasteiger charge is 2.28. The first-order valence-corrected chi connectivity index (χ1v) is 10.6. The van der Waals surface area contributed by atoms with Gasteiger partial charge in [0.2, 0.25) is 5.91 Å². The van der Waals surface area contributed by atoms with E-state index in [9.17, 15) is 9.59 Å². The lowest BCUT2D eigenvalue weighted by molar-refractivity contribution is -0.135. The molecule has 2 heterocycles. The molecular formula is C24H30ClN3O3. The smallest absolute Gasteiger partial charge is 0.254 e. The van der Waals surface area contributed by atoms with Crippen LogP contribution in [0.5, 0.6) is 5.75 Å². The average Bonchev–Trinajstić information content (AvgIpc) is 3.28. The molecule has 0 bridgehead atoms. The van der Waals surface area contributed by atoms with E-state index in [1.165, 1.54) is 12.0 Å². The first kappa shape index (κ1) is 23.1. The second-order valence-corrected chi connectivity index (χ2v) is 8.16. The molecule has 0 aromatic heterocycles. The number of carbonyl (C=O) groups is 2. The highest BCUT2D eigenvalue weighted by Crippen LogP contribution is 2.19. The van der Waals surface area contributed by atoms with Crippen molar-refractivity contribution in [3.8, 4) is 5.75 Å². The topological polar surface area (TPSA) is 61.9 Å². The van der Waals surface area contributed by atoms with Crippen LogP contribution in [0.15, 0.2) is 48.5 Å². The van der Waals surface area contributed by atoms with E-state index >= 15 is 0 Å². The SMILES string of the molecule is COc1cccc(CN2CCN(C(=O)c3cccc(CC4CCNC4)c3)CC2=O)c1.Cl. The number of ether oxygens (including phenoxy) is 1. The molecule has 1 unspecified atom stereocenters. The van der Waals surface area contributed by atoms with Crippen molar-refractivity contribution in [2.24, 2.45) is 5.92 Å². The van der Waals surface area contributed by atoms with Gasteiger partial charge < -0.3 is 19.9 Å². The predicted molar refractivity (Wildman–Crippen MR) is 123 cm³/mol. The molecule has 2 saturated heterocycles. The second-order valence-electron chi connectivity index (χ2n) is 8.16. The first-order valence-electron chi connectivity index (χ1n) is 10.6. The monoisotopic (exact) mass is 443 g/mol. The number of piperazine rings is 1. The number of hydrogen-bond acceptors (Lipinski definition) is 4. The molecule has 0 radical (unpaired) electrons. The van der Waals surface area contributed by atoms with Gasteiger partial charge in [-0.25, -0.2) is 0 Å². The highest BCUT2D eigenvalue weighted by molar-refractivity contribution is 5.97. The lowest BCUT2D eigenvalue weighted by Crippen LogP contribution is -2.51. The summed E-state index contributed by atoms with van der Waals surface area (Å²) in [6.07, 6.45) is 2.17. The summed E-state index contributed by atoms with van der Waals surface area (Å²) in [6.45, 7) is 3.86. The van der Waals surface area contributed by atoms with Crippen molar-refractivity contribution in [2.45, 2.75) is 19.4 Å². The summed E-state index contributed by atoms with van der Waals surface area (Å²) in [7, 11) is 1.63. The normalized spacial score (nSPS) is 18.6. The third kappa shape index (κ3) is 5.77. The molecule has 2 aliphatic heterocycles. The number of methoxy groups -OCH3 is 1. The summed E-state index contributed by atoms with van der Waals surface area (Å²) in [5, 5.41) is 3.39. The van der Waals surface area contributed by atoms with Gasteiger partial charge >= 0.3 is 0 Å². The third-order valence-corrected chi connectivity index (χ3v) is 5.97. The van der Waals surface area contributed by atoms with Crippen LogP contribution in [0.1, 0.15) is 27.9 Å². The predicted octanol–water partition coefficient (Wildman–Crippen LogP) is 2.75. The molecule has 31 heavy (non-hydrogen) atoms. The lowest BCUT2D eigenvalue weighted by atomic mass is 9.97. The van der Waals surface area contributed by atoms with Gasteiger partial charge in [0.15, 0.2) is 0 Å². The number of nitrogens with zero attached hydrogens (tertiary/aromatic N) is 2. The zero-order valence-corrected chi connectivity index (χ0v) is 18.7. The fourth-order valence-electron chi connectivity index (χ4n) is 4.28. The number of benzene rings is 2. The van der Waals surface area contributed by atoms with Gasteiger partial charge in [-0.1, -0.05) is 24.3 Å². The van der Waals surface area contributed by atoms with Crippen LogP contribution in [0.4, 0.5) is 0 Å². The van der Waals surface area contributed by atoms with Gasteiger partial charge in [-0.3, -0.25) is 9.59 Å². The van der Waals surface area contributed by atoms with Crippen molar-refractivity contribution in [3.63, 3.8) is 0 Å². The fourth-order valence-corrected chi connectivity index (χ4v) is 4.28. The number of amides is 2.